The van der Waals surface area contributed by atoms with Crippen molar-refractivity contribution in [2.45, 2.75) is 38.1 Å². The summed E-state index contributed by atoms with van der Waals surface area (Å²) in [5.41, 5.74) is 0.888. The van der Waals surface area contributed by atoms with Crippen molar-refractivity contribution in [1.29, 1.82) is 0 Å². The zero-order valence-electron chi connectivity index (χ0n) is 12.0. The molecule has 114 valence electrons. The van der Waals surface area contributed by atoms with Crippen LogP contribution in [0.4, 0.5) is 4.79 Å². The van der Waals surface area contributed by atoms with Crippen molar-refractivity contribution in [1.82, 2.24) is 10.6 Å². The fraction of sp³-hybridized carbons (Fsp3) is 0.500. The van der Waals surface area contributed by atoms with Crippen LogP contribution in [0.1, 0.15) is 31.2 Å². The summed E-state index contributed by atoms with van der Waals surface area (Å²) >= 11 is 0. The number of carboxylic acids is 1. The molecule has 1 fully saturated rings. The molecule has 1 saturated carbocycles. The lowest BCUT2D eigenvalue weighted by molar-refractivity contribution is -0.139. The van der Waals surface area contributed by atoms with Crippen LogP contribution in [0.25, 0.3) is 0 Å². The smallest absolute Gasteiger partial charge is 0.326 e. The van der Waals surface area contributed by atoms with E-state index in [1.807, 2.05) is 30.3 Å². The van der Waals surface area contributed by atoms with E-state index in [9.17, 15) is 14.7 Å². The summed E-state index contributed by atoms with van der Waals surface area (Å²) in [6, 6.07) is 7.97. The SMILES string of the molecule is O=C(NCCCC1CC1)NC(Cc1ccccc1)C(=O)O. The molecule has 0 radical (unpaired) electrons. The average molecular weight is 290 g/mol. The molecule has 1 aromatic carbocycles. The highest BCUT2D eigenvalue weighted by Gasteiger charge is 2.21. The van der Waals surface area contributed by atoms with Crippen LogP contribution in [0.15, 0.2) is 30.3 Å². The number of rotatable bonds is 8. The van der Waals surface area contributed by atoms with Gasteiger partial charge in [0.15, 0.2) is 0 Å². The Labute approximate surface area is 124 Å². The molecular weight excluding hydrogens is 268 g/mol. The third kappa shape index (κ3) is 5.85. The maximum atomic E-state index is 11.7. The molecule has 1 aliphatic carbocycles. The molecule has 1 aliphatic rings. The predicted octanol–water partition coefficient (Wildman–Crippen LogP) is 2.17. The quantitative estimate of drug-likeness (QED) is 0.642. The van der Waals surface area contributed by atoms with Gasteiger partial charge in [0.1, 0.15) is 6.04 Å². The standard InChI is InChI=1S/C16H22N2O3/c19-15(20)14(11-13-5-2-1-3-6-13)18-16(21)17-10-4-7-12-8-9-12/h1-3,5-6,12,14H,4,7-11H2,(H,19,20)(H2,17,18,21). The maximum Gasteiger partial charge on any atom is 0.326 e. The van der Waals surface area contributed by atoms with Gasteiger partial charge in [-0.1, -0.05) is 43.2 Å². The molecule has 0 aromatic heterocycles. The van der Waals surface area contributed by atoms with Crippen molar-refractivity contribution in [3.05, 3.63) is 35.9 Å². The minimum Gasteiger partial charge on any atom is -0.480 e. The number of benzene rings is 1. The number of urea groups is 1. The summed E-state index contributed by atoms with van der Waals surface area (Å²) < 4.78 is 0. The molecular formula is C16H22N2O3. The summed E-state index contributed by atoms with van der Waals surface area (Å²) in [4.78, 5) is 22.9. The lowest BCUT2D eigenvalue weighted by Crippen LogP contribution is -2.47. The second-order valence-electron chi connectivity index (χ2n) is 5.57. The zero-order chi connectivity index (χ0) is 15.1. The van der Waals surface area contributed by atoms with Gasteiger partial charge >= 0.3 is 12.0 Å². The summed E-state index contributed by atoms with van der Waals surface area (Å²) in [6.45, 7) is 0.597. The highest BCUT2D eigenvalue weighted by atomic mass is 16.4. The lowest BCUT2D eigenvalue weighted by Gasteiger charge is -2.15. The third-order valence-corrected chi connectivity index (χ3v) is 3.66. The van der Waals surface area contributed by atoms with E-state index in [1.165, 1.54) is 12.8 Å². The minimum absolute atomic E-state index is 0.283. The number of amides is 2. The number of nitrogens with one attached hydrogen (secondary N) is 2. The van der Waals surface area contributed by atoms with E-state index in [2.05, 4.69) is 10.6 Å². The van der Waals surface area contributed by atoms with Gasteiger partial charge in [0.2, 0.25) is 0 Å². The van der Waals surface area contributed by atoms with E-state index in [1.54, 1.807) is 0 Å². The van der Waals surface area contributed by atoms with Crippen molar-refractivity contribution < 1.29 is 14.7 Å². The molecule has 1 aromatic rings. The van der Waals surface area contributed by atoms with Crippen LogP contribution in [0.2, 0.25) is 0 Å². The number of hydrogen-bond acceptors (Lipinski definition) is 2. The molecule has 0 saturated heterocycles. The van der Waals surface area contributed by atoms with E-state index >= 15 is 0 Å². The third-order valence-electron chi connectivity index (χ3n) is 3.66. The zero-order valence-corrected chi connectivity index (χ0v) is 12.0. The van der Waals surface area contributed by atoms with Gasteiger partial charge < -0.3 is 15.7 Å². The largest absolute Gasteiger partial charge is 0.480 e. The van der Waals surface area contributed by atoms with Gasteiger partial charge in [0.25, 0.3) is 0 Å². The van der Waals surface area contributed by atoms with Crippen molar-refractivity contribution in [2.75, 3.05) is 6.54 Å². The number of carboxylic acid groups (broad SMARTS) is 1. The van der Waals surface area contributed by atoms with Crippen LogP contribution in [-0.4, -0.2) is 29.7 Å². The normalized spacial score (nSPS) is 15.2. The van der Waals surface area contributed by atoms with E-state index in [0.29, 0.717) is 6.54 Å². The molecule has 2 amide bonds. The Morgan fingerprint density at radius 1 is 1.24 bits per heavy atom. The lowest BCUT2D eigenvalue weighted by atomic mass is 10.1. The Bertz CT molecular complexity index is 472. The molecule has 0 spiro atoms. The van der Waals surface area contributed by atoms with Crippen molar-refractivity contribution in [2.24, 2.45) is 5.92 Å². The van der Waals surface area contributed by atoms with Gasteiger partial charge in [-0.25, -0.2) is 9.59 Å². The van der Waals surface area contributed by atoms with Crippen LogP contribution in [-0.2, 0) is 11.2 Å². The molecule has 0 bridgehead atoms. The first-order valence-electron chi connectivity index (χ1n) is 7.46. The number of carbonyl (C=O) groups is 2. The van der Waals surface area contributed by atoms with Crippen molar-refractivity contribution in [3.63, 3.8) is 0 Å². The van der Waals surface area contributed by atoms with Gasteiger partial charge in [0, 0.05) is 13.0 Å². The minimum atomic E-state index is -1.02. The van der Waals surface area contributed by atoms with Crippen LogP contribution in [0, 0.1) is 5.92 Å². The summed E-state index contributed by atoms with van der Waals surface area (Å²) in [6.07, 6.45) is 5.00. The molecule has 5 nitrogen and oxygen atoms in total. The van der Waals surface area contributed by atoms with E-state index in [0.717, 1.165) is 24.3 Å². The Balaban J connectivity index is 1.73. The van der Waals surface area contributed by atoms with Gasteiger partial charge in [-0.2, -0.15) is 0 Å². The van der Waals surface area contributed by atoms with Crippen molar-refractivity contribution >= 4 is 12.0 Å². The predicted molar refractivity (Wildman–Crippen MR) is 80.1 cm³/mol. The molecule has 0 aliphatic heterocycles. The fourth-order valence-corrected chi connectivity index (χ4v) is 2.26. The Hall–Kier alpha value is -2.04. The number of carbonyl (C=O) groups excluding carboxylic acids is 1. The molecule has 2 rings (SSSR count). The topological polar surface area (TPSA) is 78.4 Å². The van der Waals surface area contributed by atoms with E-state index < -0.39 is 18.0 Å². The maximum absolute atomic E-state index is 11.7. The molecule has 0 heterocycles. The van der Waals surface area contributed by atoms with Crippen molar-refractivity contribution in [3.8, 4) is 0 Å². The molecule has 1 atom stereocenters. The van der Waals surface area contributed by atoms with E-state index in [4.69, 9.17) is 0 Å². The summed E-state index contributed by atoms with van der Waals surface area (Å²) in [5.74, 6) is -0.174. The monoisotopic (exact) mass is 290 g/mol. The summed E-state index contributed by atoms with van der Waals surface area (Å²) in [7, 11) is 0. The Morgan fingerprint density at radius 3 is 2.57 bits per heavy atom. The van der Waals surface area contributed by atoms with Crippen LogP contribution in [0.3, 0.4) is 0 Å². The van der Waals surface area contributed by atoms with Gasteiger partial charge in [-0.05, 0) is 24.3 Å². The second kappa shape index (κ2) is 7.67. The van der Waals surface area contributed by atoms with Crippen LogP contribution >= 0.6 is 0 Å². The highest BCUT2D eigenvalue weighted by Crippen LogP contribution is 2.33. The Morgan fingerprint density at radius 2 is 1.95 bits per heavy atom. The Kier molecular flexibility index (Phi) is 5.60. The van der Waals surface area contributed by atoms with E-state index in [-0.39, 0.29) is 6.42 Å². The molecule has 1 unspecified atom stereocenters. The first-order valence-corrected chi connectivity index (χ1v) is 7.46. The number of aliphatic carboxylic acids is 1. The fourth-order valence-electron chi connectivity index (χ4n) is 2.26. The first kappa shape index (κ1) is 15.4. The second-order valence-corrected chi connectivity index (χ2v) is 5.57. The number of hydrogen-bond donors (Lipinski definition) is 3. The first-order chi connectivity index (χ1) is 10.1. The molecule has 3 N–H and O–H groups in total. The van der Waals surface area contributed by atoms with Gasteiger partial charge in [-0.15, -0.1) is 0 Å². The summed E-state index contributed by atoms with van der Waals surface area (Å²) in [5, 5.41) is 14.4. The highest BCUT2D eigenvalue weighted by molar-refractivity contribution is 5.82. The molecule has 21 heavy (non-hydrogen) atoms. The van der Waals surface area contributed by atoms with Crippen LogP contribution in [0.5, 0.6) is 0 Å². The van der Waals surface area contributed by atoms with Gasteiger partial charge in [0.05, 0.1) is 0 Å². The van der Waals surface area contributed by atoms with Crippen LogP contribution < -0.4 is 10.6 Å². The molecule has 5 heteroatoms. The average Bonchev–Trinajstić information content (AvgIpc) is 3.28. The van der Waals surface area contributed by atoms with Gasteiger partial charge in [-0.3, -0.25) is 0 Å².